The van der Waals surface area contributed by atoms with E-state index in [1.165, 1.54) is 0 Å². The van der Waals surface area contributed by atoms with Gasteiger partial charge < -0.3 is 14.2 Å². The summed E-state index contributed by atoms with van der Waals surface area (Å²) in [5, 5.41) is 0. The van der Waals surface area contributed by atoms with E-state index in [-0.39, 0.29) is 5.60 Å². The van der Waals surface area contributed by atoms with E-state index < -0.39 is 0 Å². The molecule has 2 saturated heterocycles. The van der Waals surface area contributed by atoms with Crippen LogP contribution in [0.1, 0.15) is 38.5 Å². The molecule has 0 aromatic carbocycles. The Balaban J connectivity index is 1.87. The average molecular weight is 272 g/mol. The van der Waals surface area contributed by atoms with E-state index in [4.69, 9.17) is 20.1 Å². The summed E-state index contributed by atoms with van der Waals surface area (Å²) in [6.07, 6.45) is 6.39. The highest BCUT2D eigenvalue weighted by Crippen LogP contribution is 2.38. The van der Waals surface area contributed by atoms with Gasteiger partial charge in [-0.15, -0.1) is 0 Å². The Morgan fingerprint density at radius 1 is 1.37 bits per heavy atom. The smallest absolute Gasteiger partial charge is 0.0729 e. The van der Waals surface area contributed by atoms with Gasteiger partial charge in [-0.2, -0.15) is 0 Å². The number of hydrazine groups is 1. The highest BCUT2D eigenvalue weighted by Gasteiger charge is 2.40. The fourth-order valence-corrected chi connectivity index (χ4v) is 3.40. The summed E-state index contributed by atoms with van der Waals surface area (Å²) in [5.74, 6) is 6.35. The molecule has 2 rings (SSSR count). The molecule has 2 unspecified atom stereocenters. The van der Waals surface area contributed by atoms with Gasteiger partial charge in [0, 0.05) is 39.6 Å². The largest absolute Gasteiger partial charge is 0.385 e. The van der Waals surface area contributed by atoms with Crippen LogP contribution in [0.4, 0.5) is 0 Å². The van der Waals surface area contributed by atoms with Crippen LogP contribution in [0, 0.1) is 5.92 Å². The minimum Gasteiger partial charge on any atom is -0.385 e. The maximum absolute atomic E-state index is 6.08. The van der Waals surface area contributed by atoms with Crippen LogP contribution in [0.5, 0.6) is 0 Å². The van der Waals surface area contributed by atoms with Crippen molar-refractivity contribution in [1.29, 1.82) is 0 Å². The Labute approximate surface area is 116 Å². The number of nitrogens with one attached hydrogen (secondary N) is 1. The molecule has 3 N–H and O–H groups in total. The van der Waals surface area contributed by atoms with Crippen LogP contribution in [-0.4, -0.2) is 45.2 Å². The zero-order chi connectivity index (χ0) is 13.6. The summed E-state index contributed by atoms with van der Waals surface area (Å²) in [5.41, 5.74) is 3.06. The van der Waals surface area contributed by atoms with Crippen molar-refractivity contribution in [3.63, 3.8) is 0 Å². The number of nitrogens with two attached hydrogens (primary N) is 1. The summed E-state index contributed by atoms with van der Waals surface area (Å²) in [6.45, 7) is 3.32. The van der Waals surface area contributed by atoms with Crippen LogP contribution in [0.25, 0.3) is 0 Å². The first-order valence-corrected chi connectivity index (χ1v) is 7.46. The summed E-state index contributed by atoms with van der Waals surface area (Å²) in [4.78, 5) is 0. The number of rotatable bonds is 6. The van der Waals surface area contributed by atoms with Crippen LogP contribution in [-0.2, 0) is 14.2 Å². The van der Waals surface area contributed by atoms with Crippen LogP contribution >= 0.6 is 0 Å². The number of ether oxygens (including phenoxy) is 3. The molecule has 0 amide bonds. The quantitative estimate of drug-likeness (QED) is 0.432. The lowest BCUT2D eigenvalue weighted by Gasteiger charge is -2.45. The highest BCUT2D eigenvalue weighted by atomic mass is 16.5. The van der Waals surface area contributed by atoms with Crippen LogP contribution < -0.4 is 11.3 Å². The Hall–Kier alpha value is -0.200. The SMILES string of the molecule is COCCCC(NN)C1CCOC2(CCOCC2)C1. The molecule has 2 fully saturated rings. The maximum Gasteiger partial charge on any atom is 0.0729 e. The van der Waals surface area contributed by atoms with Crippen molar-refractivity contribution in [2.24, 2.45) is 11.8 Å². The molecule has 0 aliphatic carbocycles. The summed E-state index contributed by atoms with van der Waals surface area (Å²) in [7, 11) is 1.75. The minimum absolute atomic E-state index is 0.0531. The lowest BCUT2D eigenvalue weighted by molar-refractivity contribution is -0.150. The third-order valence-corrected chi connectivity index (χ3v) is 4.58. The lowest BCUT2D eigenvalue weighted by atomic mass is 9.77. The van der Waals surface area contributed by atoms with E-state index in [1.807, 2.05) is 0 Å². The third-order valence-electron chi connectivity index (χ3n) is 4.58. The average Bonchev–Trinajstić information content (AvgIpc) is 2.44. The Kier molecular flexibility index (Phi) is 6.04. The molecule has 0 aromatic heterocycles. The van der Waals surface area contributed by atoms with Crippen LogP contribution in [0.2, 0.25) is 0 Å². The Morgan fingerprint density at radius 2 is 2.16 bits per heavy atom. The van der Waals surface area contributed by atoms with Gasteiger partial charge >= 0.3 is 0 Å². The van der Waals surface area contributed by atoms with E-state index in [1.54, 1.807) is 7.11 Å². The second kappa shape index (κ2) is 7.55. The van der Waals surface area contributed by atoms with Crippen molar-refractivity contribution < 1.29 is 14.2 Å². The van der Waals surface area contributed by atoms with Gasteiger partial charge in [-0.25, -0.2) is 0 Å². The van der Waals surface area contributed by atoms with E-state index in [9.17, 15) is 0 Å². The normalized spacial score (nSPS) is 28.4. The van der Waals surface area contributed by atoms with E-state index in [0.29, 0.717) is 12.0 Å². The van der Waals surface area contributed by atoms with Gasteiger partial charge in [0.2, 0.25) is 0 Å². The van der Waals surface area contributed by atoms with Gasteiger partial charge in [-0.05, 0) is 44.4 Å². The molecule has 0 saturated carbocycles. The Bertz CT molecular complexity index is 252. The monoisotopic (exact) mass is 272 g/mol. The fourth-order valence-electron chi connectivity index (χ4n) is 3.40. The minimum atomic E-state index is 0.0531. The molecule has 2 aliphatic heterocycles. The number of hydrogen-bond acceptors (Lipinski definition) is 5. The van der Waals surface area contributed by atoms with E-state index in [2.05, 4.69) is 5.43 Å². The van der Waals surface area contributed by atoms with Crippen molar-refractivity contribution in [3.8, 4) is 0 Å². The fraction of sp³-hybridized carbons (Fsp3) is 1.00. The van der Waals surface area contributed by atoms with Gasteiger partial charge in [0.25, 0.3) is 0 Å². The maximum atomic E-state index is 6.08. The van der Waals surface area contributed by atoms with Crippen molar-refractivity contribution >= 4 is 0 Å². The van der Waals surface area contributed by atoms with Crippen molar-refractivity contribution in [3.05, 3.63) is 0 Å². The second-order valence-corrected chi connectivity index (χ2v) is 5.80. The molecule has 112 valence electrons. The van der Waals surface area contributed by atoms with Crippen molar-refractivity contribution in [1.82, 2.24) is 5.43 Å². The van der Waals surface area contributed by atoms with Gasteiger partial charge in [0.1, 0.15) is 0 Å². The zero-order valence-corrected chi connectivity index (χ0v) is 12.0. The van der Waals surface area contributed by atoms with Gasteiger partial charge in [0.05, 0.1) is 5.60 Å². The number of hydrogen-bond donors (Lipinski definition) is 2. The van der Waals surface area contributed by atoms with Crippen molar-refractivity contribution in [2.75, 3.05) is 33.5 Å². The molecule has 2 heterocycles. The predicted molar refractivity (Wildman–Crippen MR) is 73.7 cm³/mol. The molecule has 0 bridgehead atoms. The standard InChI is InChI=1S/C14H28N2O3/c1-17-7-2-3-13(16-15)12-4-8-19-14(11-12)5-9-18-10-6-14/h12-13,16H,2-11,15H2,1H3. The molecule has 2 aliphatic rings. The van der Waals surface area contributed by atoms with E-state index in [0.717, 1.165) is 65.0 Å². The Morgan fingerprint density at radius 3 is 2.84 bits per heavy atom. The zero-order valence-electron chi connectivity index (χ0n) is 12.0. The number of methoxy groups -OCH3 is 1. The van der Waals surface area contributed by atoms with Crippen LogP contribution in [0.15, 0.2) is 0 Å². The van der Waals surface area contributed by atoms with Crippen molar-refractivity contribution in [2.45, 2.75) is 50.2 Å². The molecule has 0 aromatic rings. The third kappa shape index (κ3) is 4.13. The van der Waals surface area contributed by atoms with E-state index >= 15 is 0 Å². The topological polar surface area (TPSA) is 65.7 Å². The summed E-state index contributed by atoms with van der Waals surface area (Å²) < 4.78 is 16.7. The molecule has 0 radical (unpaired) electrons. The van der Waals surface area contributed by atoms with Crippen LogP contribution in [0.3, 0.4) is 0 Å². The second-order valence-electron chi connectivity index (χ2n) is 5.80. The molecule has 5 nitrogen and oxygen atoms in total. The molecular weight excluding hydrogens is 244 g/mol. The first kappa shape index (κ1) is 15.2. The van der Waals surface area contributed by atoms with Gasteiger partial charge in [-0.3, -0.25) is 11.3 Å². The summed E-state index contributed by atoms with van der Waals surface area (Å²) >= 11 is 0. The first-order valence-electron chi connectivity index (χ1n) is 7.46. The molecule has 2 atom stereocenters. The predicted octanol–water partition coefficient (Wildman–Crippen LogP) is 1.22. The molecule has 19 heavy (non-hydrogen) atoms. The van der Waals surface area contributed by atoms with Gasteiger partial charge in [-0.1, -0.05) is 0 Å². The highest BCUT2D eigenvalue weighted by molar-refractivity contribution is 4.92. The summed E-state index contributed by atoms with van der Waals surface area (Å²) in [6, 6.07) is 0.374. The first-order chi connectivity index (χ1) is 9.29. The molecular formula is C14H28N2O3. The lowest BCUT2D eigenvalue weighted by Crippen LogP contribution is -2.50. The van der Waals surface area contributed by atoms with Gasteiger partial charge in [0.15, 0.2) is 0 Å². The molecule has 5 heteroatoms. The molecule has 1 spiro atoms.